The second-order valence-corrected chi connectivity index (χ2v) is 9.60. The zero-order chi connectivity index (χ0) is 30.1. The Kier molecular flexibility index (Phi) is 10.4. The van der Waals surface area contributed by atoms with Crippen LogP contribution in [0.3, 0.4) is 0 Å². The van der Waals surface area contributed by atoms with Crippen LogP contribution in [0.15, 0.2) is 55.2 Å². The fourth-order valence-corrected chi connectivity index (χ4v) is 4.79. The highest BCUT2D eigenvalue weighted by Crippen LogP contribution is 2.30. The number of pyridine rings is 1. The Hall–Kier alpha value is -4.61. The lowest BCUT2D eigenvalue weighted by Gasteiger charge is -2.13. The van der Waals surface area contributed by atoms with Crippen LogP contribution in [-0.4, -0.2) is 36.1 Å². The average molecular weight is 582 g/mol. The van der Waals surface area contributed by atoms with Crippen LogP contribution in [0, 0.1) is 18.6 Å². The molecular weight excluding hydrogens is 550 g/mol. The largest absolute Gasteiger partial charge is 0.353 e. The van der Waals surface area contributed by atoms with E-state index >= 15 is 0 Å². The maximum atomic E-state index is 12.6. The molecule has 0 unspecified atom stereocenters. The lowest BCUT2D eigenvalue weighted by molar-refractivity contribution is -0.109. The molecule has 1 aliphatic carbocycles. The Labute approximate surface area is 240 Å². The number of hydrogen-bond donors (Lipinski definition) is 2. The zero-order valence-corrected chi connectivity index (χ0v) is 23.2. The maximum absolute atomic E-state index is 12.6. The Balaban J connectivity index is 0.000000155. The number of hydrogen-bond acceptors (Lipinski definition) is 5. The molecule has 2 N–H and O–H groups in total. The molecule has 0 radical (unpaired) electrons. The highest BCUT2D eigenvalue weighted by atomic mass is 19.3. The van der Waals surface area contributed by atoms with Crippen molar-refractivity contribution in [2.75, 3.05) is 0 Å². The Morgan fingerprint density at radius 2 is 1.83 bits per heavy atom. The van der Waals surface area contributed by atoms with Crippen LogP contribution in [0.25, 0.3) is 22.2 Å². The van der Waals surface area contributed by atoms with Crippen LogP contribution in [0.5, 0.6) is 0 Å². The molecule has 6 rings (SSSR count). The number of H-pyrrole nitrogens is 1. The van der Waals surface area contributed by atoms with Crippen molar-refractivity contribution in [1.29, 1.82) is 0 Å². The first-order valence-electron chi connectivity index (χ1n) is 13.5. The third-order valence-corrected chi connectivity index (χ3v) is 6.66. The van der Waals surface area contributed by atoms with E-state index in [0.29, 0.717) is 25.1 Å². The minimum atomic E-state index is -2.42. The predicted molar refractivity (Wildman–Crippen MR) is 151 cm³/mol. The number of aromatic amines is 1. The molecule has 1 aromatic carbocycles. The van der Waals surface area contributed by atoms with Gasteiger partial charge in [-0.15, -0.1) is 0 Å². The highest BCUT2D eigenvalue weighted by Gasteiger charge is 2.24. The van der Waals surface area contributed by atoms with Crippen molar-refractivity contribution in [3.63, 3.8) is 0 Å². The maximum Gasteiger partial charge on any atom is 0.282 e. The first-order valence-corrected chi connectivity index (χ1v) is 13.5. The van der Waals surface area contributed by atoms with Crippen molar-refractivity contribution in [2.24, 2.45) is 0 Å². The van der Waals surface area contributed by atoms with Gasteiger partial charge in [0.2, 0.25) is 6.41 Å². The molecular formula is C30H31F4N7O. The van der Waals surface area contributed by atoms with Gasteiger partial charge in [-0.05, 0) is 69.4 Å². The molecule has 1 amide bonds. The van der Waals surface area contributed by atoms with E-state index in [1.54, 1.807) is 24.0 Å². The minimum absolute atomic E-state index is 0.0153. The van der Waals surface area contributed by atoms with Gasteiger partial charge in [-0.3, -0.25) is 9.48 Å². The quantitative estimate of drug-likeness (QED) is 0.182. The first-order chi connectivity index (χ1) is 20.3. The molecule has 0 fully saturated rings. The second-order valence-electron chi connectivity index (χ2n) is 9.60. The number of alkyl halides is 2. The van der Waals surface area contributed by atoms with E-state index in [9.17, 15) is 22.4 Å². The van der Waals surface area contributed by atoms with Gasteiger partial charge in [0.15, 0.2) is 0 Å². The Morgan fingerprint density at radius 1 is 1.07 bits per heavy atom. The summed E-state index contributed by atoms with van der Waals surface area (Å²) in [6, 6.07) is 7.39. The topological polar surface area (TPSA) is 101 Å². The lowest BCUT2D eigenvalue weighted by Crippen LogP contribution is -2.12. The molecule has 5 aromatic rings. The monoisotopic (exact) mass is 581 g/mol. The van der Waals surface area contributed by atoms with E-state index in [0.717, 1.165) is 70.9 Å². The smallest absolute Gasteiger partial charge is 0.282 e. The van der Waals surface area contributed by atoms with Gasteiger partial charge in [-0.2, -0.15) is 5.10 Å². The Morgan fingerprint density at radius 3 is 2.52 bits per heavy atom. The molecule has 12 heteroatoms. The van der Waals surface area contributed by atoms with Crippen LogP contribution in [-0.2, 0) is 30.7 Å². The standard InChI is InChI=1S/C13H11N5O.C10H14F2N2.C7H6F2/c19-8-15-6-12-11(5-14-7-18-12)10-3-9-1-2-16-13(9)17-4-10;1-2-14-8-6-4-3-5-7(8)9(13-14)10(11)12;1-5-2-6(8)4-7(9)3-5/h1-5,7-8H,6H2,(H,15,19)(H,16,17);10H,2-6H2,1H3;2-4H,1H3. The fraction of sp³-hybridized carbons (Fsp3) is 0.300. The van der Waals surface area contributed by atoms with Gasteiger partial charge >= 0.3 is 0 Å². The number of aromatic nitrogens is 6. The summed E-state index contributed by atoms with van der Waals surface area (Å²) >= 11 is 0. The van der Waals surface area contributed by atoms with Crippen LogP contribution in [0.1, 0.15) is 54.4 Å². The summed E-state index contributed by atoms with van der Waals surface area (Å²) in [5.74, 6) is -1.04. The van der Waals surface area contributed by atoms with Gasteiger partial charge in [0.1, 0.15) is 29.3 Å². The highest BCUT2D eigenvalue weighted by molar-refractivity contribution is 5.81. The Bertz CT molecular complexity index is 1580. The number of aryl methyl sites for hydroxylation is 2. The molecule has 0 bridgehead atoms. The second kappa shape index (κ2) is 14.3. The van der Waals surface area contributed by atoms with E-state index in [4.69, 9.17) is 0 Å². The predicted octanol–water partition coefficient (Wildman–Crippen LogP) is 6.26. The molecule has 0 saturated heterocycles. The van der Waals surface area contributed by atoms with Crippen molar-refractivity contribution in [1.82, 2.24) is 35.0 Å². The van der Waals surface area contributed by atoms with Crippen LogP contribution < -0.4 is 5.32 Å². The normalized spacial score (nSPS) is 12.2. The number of halogens is 4. The zero-order valence-electron chi connectivity index (χ0n) is 23.2. The average Bonchev–Trinajstić information content (AvgIpc) is 3.60. The lowest BCUT2D eigenvalue weighted by atomic mass is 9.96. The van der Waals surface area contributed by atoms with Gasteiger partial charge in [-0.1, -0.05) is 0 Å². The summed E-state index contributed by atoms with van der Waals surface area (Å²) in [6.45, 7) is 4.64. The molecule has 42 heavy (non-hydrogen) atoms. The summed E-state index contributed by atoms with van der Waals surface area (Å²) < 4.78 is 51.4. The van der Waals surface area contributed by atoms with Gasteiger partial charge in [0.25, 0.3) is 6.43 Å². The van der Waals surface area contributed by atoms with Gasteiger partial charge in [-0.25, -0.2) is 32.5 Å². The van der Waals surface area contributed by atoms with Gasteiger partial charge < -0.3 is 10.3 Å². The summed E-state index contributed by atoms with van der Waals surface area (Å²) in [6.07, 6.45) is 8.83. The third-order valence-electron chi connectivity index (χ3n) is 6.66. The molecule has 8 nitrogen and oxygen atoms in total. The molecule has 0 atom stereocenters. The van der Waals surface area contributed by atoms with E-state index < -0.39 is 18.1 Å². The van der Waals surface area contributed by atoms with Crippen molar-refractivity contribution < 1.29 is 22.4 Å². The number of rotatable bonds is 6. The fourth-order valence-electron chi connectivity index (χ4n) is 4.79. The molecule has 0 aliphatic heterocycles. The minimum Gasteiger partial charge on any atom is -0.353 e. The van der Waals surface area contributed by atoms with Crippen molar-refractivity contribution in [3.05, 3.63) is 95.1 Å². The van der Waals surface area contributed by atoms with Crippen LogP contribution in [0.2, 0.25) is 0 Å². The summed E-state index contributed by atoms with van der Waals surface area (Å²) in [4.78, 5) is 26.0. The van der Waals surface area contributed by atoms with E-state index in [2.05, 4.69) is 30.4 Å². The van der Waals surface area contributed by atoms with Crippen LogP contribution >= 0.6 is 0 Å². The summed E-state index contributed by atoms with van der Waals surface area (Å²) in [7, 11) is 0. The van der Waals surface area contributed by atoms with E-state index in [1.165, 1.54) is 18.5 Å². The first kappa shape index (κ1) is 30.4. The number of nitrogens with zero attached hydrogens (tertiary/aromatic N) is 5. The van der Waals surface area contributed by atoms with E-state index in [1.807, 2.05) is 25.3 Å². The number of amides is 1. The van der Waals surface area contributed by atoms with E-state index in [-0.39, 0.29) is 5.69 Å². The molecule has 4 aromatic heterocycles. The van der Waals surface area contributed by atoms with Crippen molar-refractivity contribution in [3.8, 4) is 11.1 Å². The summed E-state index contributed by atoms with van der Waals surface area (Å²) in [5, 5.41) is 7.61. The van der Waals surface area contributed by atoms with Crippen molar-refractivity contribution >= 4 is 17.4 Å². The molecule has 220 valence electrons. The number of benzene rings is 1. The number of carbonyl (C=O) groups excluding carboxylic acids is 1. The molecule has 4 heterocycles. The van der Waals surface area contributed by atoms with Crippen LogP contribution in [0.4, 0.5) is 17.6 Å². The number of carbonyl (C=O) groups is 1. The summed E-state index contributed by atoms with van der Waals surface area (Å²) in [5.41, 5.74) is 5.87. The SMILES string of the molecule is CCn1nc(C(F)F)c2c1CCCC2.Cc1cc(F)cc(F)c1.O=CNCc1ncncc1-c1cnc2[nH]ccc2c1. The van der Waals surface area contributed by atoms with Gasteiger partial charge in [0.05, 0.1) is 12.2 Å². The van der Waals surface area contributed by atoms with Gasteiger partial charge in [0, 0.05) is 59.0 Å². The molecule has 0 spiro atoms. The molecule has 1 aliphatic rings. The number of nitrogens with one attached hydrogen (secondary N) is 2. The van der Waals surface area contributed by atoms with Crippen molar-refractivity contribution in [2.45, 2.75) is 59.0 Å². The third kappa shape index (κ3) is 7.56. The number of fused-ring (bicyclic) bond motifs is 2. The molecule has 0 saturated carbocycles.